The summed E-state index contributed by atoms with van der Waals surface area (Å²) in [4.78, 5) is 43.4. The van der Waals surface area contributed by atoms with Gasteiger partial charge in [0.1, 0.15) is 18.5 Å². The molecule has 1 amide bonds. The number of nitrogens with one attached hydrogen (secondary N) is 1. The molecule has 4 N–H and O–H groups in total. The van der Waals surface area contributed by atoms with Crippen molar-refractivity contribution < 1.29 is 33.7 Å². The predicted molar refractivity (Wildman–Crippen MR) is 112 cm³/mol. The zero-order valence-corrected chi connectivity index (χ0v) is 17.9. The van der Waals surface area contributed by atoms with Crippen LogP contribution in [0.25, 0.3) is 11.2 Å². The van der Waals surface area contributed by atoms with Gasteiger partial charge in [-0.3, -0.25) is 13.9 Å². The zero-order chi connectivity index (χ0) is 22.9. The number of carbonyl (C=O) groups excluding carboxylic acids is 1. The number of anilines is 1. The normalized spacial score (nSPS) is 23.5. The number of aliphatic hydroxyl groups is 1. The third kappa shape index (κ3) is 4.56. The van der Waals surface area contributed by atoms with E-state index in [1.54, 1.807) is 30.3 Å². The molecular formula is C19H22N5O7P. The second-order valence-electron chi connectivity index (χ2n) is 7.30. The molecule has 1 aromatic carbocycles. The third-order valence-corrected chi connectivity index (χ3v) is 6.03. The molecule has 12 nitrogen and oxygen atoms in total. The van der Waals surface area contributed by atoms with E-state index in [1.165, 1.54) is 24.3 Å². The third-order valence-electron chi connectivity index (χ3n) is 5.19. The highest BCUT2D eigenvalue weighted by Gasteiger charge is 2.45. The lowest BCUT2D eigenvalue weighted by atomic mass is 10.1. The topological polar surface area (TPSA) is 169 Å². The van der Waals surface area contributed by atoms with Crippen molar-refractivity contribution >= 4 is 30.5 Å². The van der Waals surface area contributed by atoms with Crippen molar-refractivity contribution in [3.8, 4) is 0 Å². The van der Waals surface area contributed by atoms with Crippen molar-refractivity contribution in [1.82, 2.24) is 19.5 Å². The fraction of sp³-hybridized carbons (Fsp3) is 0.368. The van der Waals surface area contributed by atoms with Crippen LogP contribution in [0.2, 0.25) is 0 Å². The summed E-state index contributed by atoms with van der Waals surface area (Å²) in [5.41, 5.74) is 1.04. The van der Waals surface area contributed by atoms with Gasteiger partial charge in [-0.15, -0.1) is 0 Å². The molecule has 0 bridgehead atoms. The lowest BCUT2D eigenvalue weighted by Gasteiger charge is -2.18. The van der Waals surface area contributed by atoms with E-state index >= 15 is 0 Å². The fourth-order valence-corrected chi connectivity index (χ4v) is 4.26. The van der Waals surface area contributed by atoms with E-state index in [-0.39, 0.29) is 18.1 Å². The summed E-state index contributed by atoms with van der Waals surface area (Å²) in [5.74, 6) is -0.175. The van der Waals surface area contributed by atoms with Crippen molar-refractivity contribution in [2.75, 3.05) is 18.6 Å². The van der Waals surface area contributed by atoms with Gasteiger partial charge in [0.05, 0.1) is 18.6 Å². The van der Waals surface area contributed by atoms with Crippen molar-refractivity contribution in [3.05, 3.63) is 48.5 Å². The second kappa shape index (κ2) is 9.02. The fourth-order valence-electron chi connectivity index (χ4n) is 3.67. The first-order chi connectivity index (χ1) is 15.3. The minimum atomic E-state index is -4.24. The number of hydrogen-bond acceptors (Lipinski definition) is 8. The van der Waals surface area contributed by atoms with Crippen LogP contribution >= 0.6 is 7.60 Å². The average molecular weight is 463 g/mol. The van der Waals surface area contributed by atoms with Gasteiger partial charge < -0.3 is 29.7 Å². The van der Waals surface area contributed by atoms with Gasteiger partial charge in [-0.2, -0.15) is 0 Å². The molecule has 1 aliphatic rings. The Balaban J connectivity index is 1.59. The number of benzene rings is 1. The number of methoxy groups -OCH3 is 1. The minimum Gasteiger partial charge on any atom is -0.386 e. The molecule has 0 radical (unpaired) electrons. The minimum absolute atomic E-state index is 0.00363. The Bertz CT molecular complexity index is 1150. The number of ether oxygens (including phenoxy) is 2. The number of fused-ring (bicyclic) bond motifs is 1. The maximum Gasteiger partial charge on any atom is 0.325 e. The van der Waals surface area contributed by atoms with Crippen LogP contribution in [0.15, 0.2) is 43.0 Å². The summed E-state index contributed by atoms with van der Waals surface area (Å²) in [6, 6.07) is 8.62. The summed E-state index contributed by atoms with van der Waals surface area (Å²) < 4.78 is 23.9. The van der Waals surface area contributed by atoms with Gasteiger partial charge >= 0.3 is 7.60 Å². The van der Waals surface area contributed by atoms with Crippen molar-refractivity contribution in [2.24, 2.45) is 0 Å². The molecule has 4 atom stereocenters. The molecule has 0 unspecified atom stereocenters. The van der Waals surface area contributed by atoms with E-state index in [0.29, 0.717) is 16.7 Å². The van der Waals surface area contributed by atoms with Gasteiger partial charge in [-0.1, -0.05) is 18.2 Å². The number of imidazole rings is 1. The number of rotatable bonds is 7. The molecule has 0 spiro atoms. The quantitative estimate of drug-likeness (QED) is 0.370. The van der Waals surface area contributed by atoms with Crippen molar-refractivity contribution in [1.29, 1.82) is 0 Å². The number of amides is 1. The Morgan fingerprint density at radius 3 is 2.69 bits per heavy atom. The van der Waals surface area contributed by atoms with Crippen LogP contribution < -0.4 is 5.32 Å². The summed E-state index contributed by atoms with van der Waals surface area (Å²) in [7, 11) is -2.85. The highest BCUT2D eigenvalue weighted by atomic mass is 31.2. The molecule has 0 aliphatic carbocycles. The van der Waals surface area contributed by atoms with E-state index in [1.807, 2.05) is 0 Å². The number of nitrogens with zero attached hydrogens (tertiary/aromatic N) is 4. The molecule has 170 valence electrons. The van der Waals surface area contributed by atoms with Gasteiger partial charge in [-0.25, -0.2) is 15.0 Å². The maximum absolute atomic E-state index is 12.5. The van der Waals surface area contributed by atoms with Crippen LogP contribution in [0, 0.1) is 0 Å². The second-order valence-corrected chi connectivity index (χ2v) is 9.08. The Morgan fingerprint density at radius 2 is 2.00 bits per heavy atom. The summed E-state index contributed by atoms with van der Waals surface area (Å²) in [6.07, 6.45) is -1.41. The highest BCUT2D eigenvalue weighted by Crippen LogP contribution is 2.40. The Kier molecular flexibility index (Phi) is 6.33. The summed E-state index contributed by atoms with van der Waals surface area (Å²) in [5, 5.41) is 13.4. The van der Waals surface area contributed by atoms with Gasteiger partial charge in [-0.05, 0) is 18.6 Å². The van der Waals surface area contributed by atoms with E-state index in [0.717, 1.165) is 0 Å². The van der Waals surface area contributed by atoms with Crippen LogP contribution in [0.3, 0.4) is 0 Å². The lowest BCUT2D eigenvalue weighted by molar-refractivity contribution is -0.0356. The van der Waals surface area contributed by atoms with Crippen LogP contribution in [0.4, 0.5) is 5.82 Å². The van der Waals surface area contributed by atoms with E-state index in [4.69, 9.17) is 19.3 Å². The zero-order valence-electron chi connectivity index (χ0n) is 17.0. The predicted octanol–water partition coefficient (Wildman–Crippen LogP) is 0.920. The molecule has 2 aromatic heterocycles. The number of aliphatic hydroxyl groups excluding tert-OH is 1. The van der Waals surface area contributed by atoms with Gasteiger partial charge in [0, 0.05) is 12.7 Å². The molecule has 1 fully saturated rings. The van der Waals surface area contributed by atoms with Gasteiger partial charge in [0.15, 0.2) is 23.2 Å². The highest BCUT2D eigenvalue weighted by molar-refractivity contribution is 7.51. The van der Waals surface area contributed by atoms with Crippen LogP contribution in [0.1, 0.15) is 23.0 Å². The Hall–Kier alpha value is -2.73. The first kappa shape index (κ1) is 22.5. The van der Waals surface area contributed by atoms with Crippen molar-refractivity contribution in [3.63, 3.8) is 0 Å². The number of hydrogen-bond donors (Lipinski definition) is 4. The molecule has 1 saturated heterocycles. The molecule has 0 saturated carbocycles. The first-order valence-corrected chi connectivity index (χ1v) is 11.5. The Morgan fingerprint density at radius 1 is 1.25 bits per heavy atom. The Labute approximate surface area is 182 Å². The summed E-state index contributed by atoms with van der Waals surface area (Å²) >= 11 is 0. The van der Waals surface area contributed by atoms with Gasteiger partial charge in [0.25, 0.3) is 5.91 Å². The molecule has 3 aromatic rings. The van der Waals surface area contributed by atoms with Crippen LogP contribution in [-0.2, 0) is 14.0 Å². The maximum atomic E-state index is 12.5. The number of carbonyl (C=O) groups is 1. The average Bonchev–Trinajstić information content (AvgIpc) is 3.33. The van der Waals surface area contributed by atoms with Crippen LogP contribution in [0.5, 0.6) is 0 Å². The largest absolute Gasteiger partial charge is 0.386 e. The SMILES string of the molecule is CO[C@@H]1[C@@H](O)[C@H](n2cnc3c(NC(=O)c4ccccc4)ncnc32)O[C@@H]1CCP(=O)(O)O. The lowest BCUT2D eigenvalue weighted by Crippen LogP contribution is -2.33. The van der Waals surface area contributed by atoms with Crippen molar-refractivity contribution in [2.45, 2.75) is 31.0 Å². The van der Waals surface area contributed by atoms with E-state index < -0.39 is 38.3 Å². The van der Waals surface area contributed by atoms with Gasteiger partial charge in [0.2, 0.25) is 0 Å². The summed E-state index contributed by atoms with van der Waals surface area (Å²) in [6.45, 7) is 0. The van der Waals surface area contributed by atoms with E-state index in [2.05, 4.69) is 20.3 Å². The monoisotopic (exact) mass is 463 g/mol. The first-order valence-electron chi connectivity index (χ1n) is 9.73. The molecule has 1 aliphatic heterocycles. The van der Waals surface area contributed by atoms with Crippen LogP contribution in [-0.4, -0.2) is 71.9 Å². The molecule has 4 rings (SSSR count). The molecule has 13 heteroatoms. The molecule has 32 heavy (non-hydrogen) atoms. The smallest absolute Gasteiger partial charge is 0.325 e. The van der Waals surface area contributed by atoms with E-state index in [9.17, 15) is 14.5 Å². The number of aromatic nitrogens is 4. The molecular weight excluding hydrogens is 441 g/mol. The molecule has 3 heterocycles. The standard InChI is InChI=1S/C19H22N5O7P/c1-30-15-12(7-8-32(27,28)29)31-19(14(15)25)24-10-22-13-16(20-9-21-17(13)24)23-18(26)11-5-3-2-4-6-11/h2-6,9-10,12,14-15,19,25H,7-8H2,1H3,(H2,27,28,29)(H,20,21,23,26)/t12-,14-,15+,19-/m1/s1.